The molecule has 6 heteroatoms. The van der Waals surface area contributed by atoms with E-state index in [-0.39, 0.29) is 17.7 Å². The molecule has 2 aromatic rings. The molecule has 5 nitrogen and oxygen atoms in total. The van der Waals surface area contributed by atoms with E-state index in [2.05, 4.69) is 4.90 Å². The molecule has 1 fully saturated rings. The lowest BCUT2D eigenvalue weighted by molar-refractivity contribution is 0.0398. The third-order valence-electron chi connectivity index (χ3n) is 5.29. The van der Waals surface area contributed by atoms with E-state index < -0.39 is 11.8 Å². The number of hydrogen-bond donors (Lipinski definition) is 0. The van der Waals surface area contributed by atoms with Gasteiger partial charge >= 0.3 is 5.97 Å². The number of aromatic nitrogens is 1. The van der Waals surface area contributed by atoms with Crippen molar-refractivity contribution in [1.82, 2.24) is 9.47 Å². The Kier molecular flexibility index (Phi) is 4.59. The molecule has 0 amide bonds. The molecular weight excluding hydrogens is 335 g/mol. The average Bonchev–Trinajstić information content (AvgIpc) is 2.63. The molecule has 136 valence electrons. The smallest absolute Gasteiger partial charge is 0.341 e. The van der Waals surface area contributed by atoms with Crippen LogP contribution in [0.3, 0.4) is 0 Å². The Hall–Kier alpha value is -2.47. The second-order valence-electron chi connectivity index (χ2n) is 7.07. The third-order valence-corrected chi connectivity index (χ3v) is 5.29. The van der Waals surface area contributed by atoms with E-state index >= 15 is 0 Å². The largest absolute Gasteiger partial charge is 0.461 e. The Morgan fingerprint density at radius 3 is 2.81 bits per heavy atom. The molecule has 0 N–H and O–H groups in total. The van der Waals surface area contributed by atoms with Gasteiger partial charge in [-0.3, -0.25) is 9.69 Å². The maximum Gasteiger partial charge on any atom is 0.341 e. The molecular formula is C20H21FN2O3. The third kappa shape index (κ3) is 3.29. The van der Waals surface area contributed by atoms with Gasteiger partial charge in [-0.2, -0.15) is 0 Å². The minimum atomic E-state index is -0.628. The van der Waals surface area contributed by atoms with Crippen molar-refractivity contribution in [3.8, 4) is 0 Å². The fraction of sp³-hybridized carbons (Fsp3) is 0.400. The Morgan fingerprint density at radius 1 is 1.12 bits per heavy atom. The van der Waals surface area contributed by atoms with Gasteiger partial charge in [0, 0.05) is 43.9 Å². The summed E-state index contributed by atoms with van der Waals surface area (Å²) in [5.41, 5.74) is 1.14. The molecule has 2 aliphatic heterocycles. The van der Waals surface area contributed by atoms with Gasteiger partial charge in [-0.15, -0.1) is 0 Å². The number of pyridine rings is 1. The van der Waals surface area contributed by atoms with Crippen molar-refractivity contribution < 1.29 is 13.9 Å². The molecule has 2 atom stereocenters. The van der Waals surface area contributed by atoms with E-state index in [9.17, 15) is 14.0 Å². The molecule has 2 aliphatic rings. The zero-order valence-corrected chi connectivity index (χ0v) is 14.4. The van der Waals surface area contributed by atoms with E-state index in [1.165, 1.54) is 12.1 Å². The highest BCUT2D eigenvalue weighted by Gasteiger charge is 2.34. The Balaban J connectivity index is 1.36. The first kappa shape index (κ1) is 17.0. The number of rotatable bonds is 4. The van der Waals surface area contributed by atoms with Crippen LogP contribution in [0.4, 0.5) is 4.39 Å². The van der Waals surface area contributed by atoms with Gasteiger partial charge in [0.05, 0.1) is 5.56 Å². The lowest BCUT2D eigenvalue weighted by Crippen LogP contribution is -2.47. The van der Waals surface area contributed by atoms with E-state index in [0.717, 1.165) is 31.7 Å². The van der Waals surface area contributed by atoms with Gasteiger partial charge in [0.15, 0.2) is 0 Å². The molecule has 1 aromatic carbocycles. The van der Waals surface area contributed by atoms with Gasteiger partial charge in [-0.25, -0.2) is 9.18 Å². The summed E-state index contributed by atoms with van der Waals surface area (Å²) in [4.78, 5) is 26.3. The van der Waals surface area contributed by atoms with Crippen LogP contribution in [0.15, 0.2) is 47.3 Å². The van der Waals surface area contributed by atoms with Crippen LogP contribution in [-0.4, -0.2) is 41.7 Å². The molecule has 3 heterocycles. The minimum Gasteiger partial charge on any atom is -0.461 e. The van der Waals surface area contributed by atoms with Gasteiger partial charge < -0.3 is 9.30 Å². The van der Waals surface area contributed by atoms with Gasteiger partial charge in [-0.05, 0) is 30.5 Å². The van der Waals surface area contributed by atoms with Crippen molar-refractivity contribution in [2.45, 2.75) is 18.9 Å². The highest BCUT2D eigenvalue weighted by Crippen LogP contribution is 2.34. The maximum atomic E-state index is 13.6. The summed E-state index contributed by atoms with van der Waals surface area (Å²) in [6, 6.07) is 11.3. The fourth-order valence-electron chi connectivity index (χ4n) is 4.15. The average molecular weight is 356 g/mol. The zero-order valence-electron chi connectivity index (χ0n) is 14.4. The summed E-state index contributed by atoms with van der Waals surface area (Å²) < 4.78 is 20.8. The van der Waals surface area contributed by atoms with E-state index in [1.807, 2.05) is 16.7 Å². The SMILES string of the molecule is O=C(OCCN1CC2CC(C1)c1cccc(=O)n1C2)c1ccccc1F. The van der Waals surface area contributed by atoms with Crippen LogP contribution in [0, 0.1) is 11.7 Å². The van der Waals surface area contributed by atoms with Crippen LogP contribution in [0.1, 0.15) is 28.4 Å². The molecule has 26 heavy (non-hydrogen) atoms. The summed E-state index contributed by atoms with van der Waals surface area (Å²) >= 11 is 0. The van der Waals surface area contributed by atoms with Crippen molar-refractivity contribution >= 4 is 5.97 Å². The second kappa shape index (κ2) is 7.03. The zero-order chi connectivity index (χ0) is 18.1. The maximum absolute atomic E-state index is 13.6. The number of carbonyl (C=O) groups is 1. The number of nitrogens with zero attached hydrogens (tertiary/aromatic N) is 2. The standard InChI is InChI=1S/C20H21FN2O3/c21-17-5-2-1-4-16(17)20(25)26-9-8-22-11-14-10-15(13-22)18-6-3-7-19(24)23(18)12-14/h1-7,14-15H,8-13H2. The van der Waals surface area contributed by atoms with E-state index in [1.54, 1.807) is 18.2 Å². The number of fused-ring (bicyclic) bond motifs is 4. The van der Waals surface area contributed by atoms with Crippen LogP contribution >= 0.6 is 0 Å². The lowest BCUT2D eigenvalue weighted by atomic mass is 9.83. The van der Waals surface area contributed by atoms with Crippen molar-refractivity contribution in [3.05, 3.63) is 69.9 Å². The number of piperidine rings is 1. The monoisotopic (exact) mass is 356 g/mol. The summed E-state index contributed by atoms with van der Waals surface area (Å²) in [7, 11) is 0. The molecule has 2 unspecified atom stereocenters. The molecule has 1 saturated heterocycles. The molecule has 4 rings (SSSR count). The van der Waals surface area contributed by atoms with Gasteiger partial charge in [0.25, 0.3) is 5.56 Å². The molecule has 2 bridgehead atoms. The minimum absolute atomic E-state index is 0.0312. The quantitative estimate of drug-likeness (QED) is 0.789. The Labute approximate surface area is 151 Å². The molecule has 0 radical (unpaired) electrons. The number of benzene rings is 1. The van der Waals surface area contributed by atoms with Crippen molar-refractivity contribution in [2.24, 2.45) is 5.92 Å². The molecule has 1 aromatic heterocycles. The van der Waals surface area contributed by atoms with Crippen LogP contribution in [-0.2, 0) is 11.3 Å². The first-order valence-corrected chi connectivity index (χ1v) is 8.95. The number of ether oxygens (including phenoxy) is 1. The Bertz CT molecular complexity index is 879. The fourth-order valence-corrected chi connectivity index (χ4v) is 4.15. The predicted octanol–water partition coefficient (Wildman–Crippen LogP) is 2.26. The number of carbonyl (C=O) groups excluding carboxylic acids is 1. The van der Waals surface area contributed by atoms with Gasteiger partial charge in [0.1, 0.15) is 12.4 Å². The highest BCUT2D eigenvalue weighted by atomic mass is 19.1. The van der Waals surface area contributed by atoms with Crippen molar-refractivity contribution in [3.63, 3.8) is 0 Å². The molecule has 0 aliphatic carbocycles. The number of likely N-dealkylation sites (tertiary alicyclic amines) is 1. The summed E-state index contributed by atoms with van der Waals surface area (Å²) in [6.45, 7) is 3.32. The highest BCUT2D eigenvalue weighted by molar-refractivity contribution is 5.89. The topological polar surface area (TPSA) is 51.5 Å². The molecule has 0 spiro atoms. The summed E-state index contributed by atoms with van der Waals surface area (Å²) in [5, 5.41) is 0. The van der Waals surface area contributed by atoms with Gasteiger partial charge in [0.2, 0.25) is 0 Å². The number of esters is 1. The van der Waals surface area contributed by atoms with Crippen LogP contribution in [0.5, 0.6) is 0 Å². The normalized spacial score (nSPS) is 21.9. The van der Waals surface area contributed by atoms with E-state index in [4.69, 9.17) is 4.74 Å². The van der Waals surface area contributed by atoms with Crippen LogP contribution in [0.25, 0.3) is 0 Å². The Morgan fingerprint density at radius 2 is 1.96 bits per heavy atom. The van der Waals surface area contributed by atoms with Crippen LogP contribution in [0.2, 0.25) is 0 Å². The summed E-state index contributed by atoms with van der Waals surface area (Å²) in [5.74, 6) is -0.424. The van der Waals surface area contributed by atoms with Crippen molar-refractivity contribution in [1.29, 1.82) is 0 Å². The molecule has 0 saturated carbocycles. The lowest BCUT2D eigenvalue weighted by Gasteiger charge is -2.42. The number of halogens is 1. The first-order valence-electron chi connectivity index (χ1n) is 8.95. The summed E-state index contributed by atoms with van der Waals surface area (Å²) in [6.07, 6.45) is 1.09. The second-order valence-corrected chi connectivity index (χ2v) is 7.07. The van der Waals surface area contributed by atoms with Crippen molar-refractivity contribution in [2.75, 3.05) is 26.2 Å². The van der Waals surface area contributed by atoms with Gasteiger partial charge in [-0.1, -0.05) is 18.2 Å². The number of hydrogen-bond acceptors (Lipinski definition) is 4. The van der Waals surface area contributed by atoms with E-state index in [0.29, 0.717) is 18.4 Å². The first-order chi connectivity index (χ1) is 12.6. The van der Waals surface area contributed by atoms with Crippen LogP contribution < -0.4 is 5.56 Å². The predicted molar refractivity (Wildman–Crippen MR) is 94.7 cm³/mol.